The Morgan fingerprint density at radius 1 is 1.40 bits per heavy atom. The van der Waals surface area contributed by atoms with Crippen LogP contribution in [0.4, 0.5) is 0 Å². The van der Waals surface area contributed by atoms with E-state index >= 15 is 0 Å². The second-order valence-corrected chi connectivity index (χ2v) is 4.55. The van der Waals surface area contributed by atoms with Gasteiger partial charge in [-0.2, -0.15) is 0 Å². The van der Waals surface area contributed by atoms with Gasteiger partial charge in [-0.3, -0.25) is 0 Å². The molecule has 0 amide bonds. The Morgan fingerprint density at radius 3 is 2.50 bits per heavy atom. The average Bonchev–Trinajstić information content (AvgIpc) is 1.82. The average molecular weight is 138 g/mol. The molecule has 2 saturated carbocycles. The lowest BCUT2D eigenvalue weighted by Crippen LogP contribution is -2.51. The fourth-order valence-corrected chi connectivity index (χ4v) is 3.18. The van der Waals surface area contributed by atoms with Gasteiger partial charge in [0.25, 0.3) is 0 Å². The molecule has 10 heavy (non-hydrogen) atoms. The van der Waals surface area contributed by atoms with Crippen molar-refractivity contribution in [2.24, 2.45) is 17.3 Å². The highest BCUT2D eigenvalue weighted by atomic mass is 14.6. The largest absolute Gasteiger partial charge is 0.0654 e. The zero-order valence-corrected chi connectivity index (χ0v) is 7.19. The monoisotopic (exact) mass is 138 g/mol. The summed E-state index contributed by atoms with van der Waals surface area (Å²) in [5, 5.41) is 0. The summed E-state index contributed by atoms with van der Waals surface area (Å²) in [6.07, 6.45) is 7.50. The van der Waals surface area contributed by atoms with E-state index in [1.807, 2.05) is 0 Å². The lowest BCUT2D eigenvalue weighted by Gasteiger charge is -2.61. The van der Waals surface area contributed by atoms with Crippen LogP contribution in [0.15, 0.2) is 0 Å². The summed E-state index contributed by atoms with van der Waals surface area (Å²) in [6.45, 7) is 4.81. The highest BCUT2D eigenvalue weighted by Gasteiger charge is 2.54. The standard InChI is InChI=1S/C10H18/c1-3-6-10(2)7-8-4-5-9(8)10/h8-9H,3-7H2,1-2H3. The van der Waals surface area contributed by atoms with Gasteiger partial charge < -0.3 is 0 Å². The SMILES string of the molecule is CCCC1(C)CC2CCC21. The van der Waals surface area contributed by atoms with E-state index in [0.29, 0.717) is 0 Å². The molecule has 3 atom stereocenters. The van der Waals surface area contributed by atoms with Crippen molar-refractivity contribution in [2.45, 2.75) is 46.0 Å². The van der Waals surface area contributed by atoms with Crippen LogP contribution < -0.4 is 0 Å². The van der Waals surface area contributed by atoms with E-state index in [0.717, 1.165) is 17.3 Å². The van der Waals surface area contributed by atoms with Crippen molar-refractivity contribution in [2.75, 3.05) is 0 Å². The zero-order valence-electron chi connectivity index (χ0n) is 7.19. The maximum Gasteiger partial charge on any atom is -0.0292 e. The summed E-state index contributed by atoms with van der Waals surface area (Å²) in [4.78, 5) is 0. The van der Waals surface area contributed by atoms with Gasteiger partial charge in [0.15, 0.2) is 0 Å². The highest BCUT2D eigenvalue weighted by molar-refractivity contribution is 5.03. The second kappa shape index (κ2) is 1.99. The molecule has 2 fully saturated rings. The molecule has 0 aromatic carbocycles. The van der Waals surface area contributed by atoms with Gasteiger partial charge in [-0.25, -0.2) is 0 Å². The maximum absolute atomic E-state index is 2.50. The lowest BCUT2D eigenvalue weighted by molar-refractivity contribution is -0.109. The van der Waals surface area contributed by atoms with Crippen LogP contribution >= 0.6 is 0 Å². The number of hydrogen-bond donors (Lipinski definition) is 0. The van der Waals surface area contributed by atoms with Crippen molar-refractivity contribution in [1.29, 1.82) is 0 Å². The fourth-order valence-electron chi connectivity index (χ4n) is 3.18. The second-order valence-electron chi connectivity index (χ2n) is 4.55. The summed E-state index contributed by atoms with van der Waals surface area (Å²) < 4.78 is 0. The Bertz CT molecular complexity index is 135. The molecule has 3 unspecified atom stereocenters. The van der Waals surface area contributed by atoms with Gasteiger partial charge in [0.05, 0.1) is 0 Å². The molecule has 0 saturated heterocycles. The first-order chi connectivity index (χ1) is 4.76. The molecule has 0 bridgehead atoms. The van der Waals surface area contributed by atoms with Crippen molar-refractivity contribution in [3.05, 3.63) is 0 Å². The molecule has 0 aromatic heterocycles. The van der Waals surface area contributed by atoms with Gasteiger partial charge in [-0.1, -0.05) is 20.3 Å². The molecule has 2 aliphatic rings. The topological polar surface area (TPSA) is 0 Å². The van der Waals surface area contributed by atoms with Gasteiger partial charge in [0, 0.05) is 0 Å². The first kappa shape index (κ1) is 6.69. The van der Waals surface area contributed by atoms with E-state index in [1.54, 1.807) is 19.3 Å². The van der Waals surface area contributed by atoms with Crippen LogP contribution in [-0.2, 0) is 0 Å². The lowest BCUT2D eigenvalue weighted by atomic mass is 9.44. The van der Waals surface area contributed by atoms with E-state index < -0.39 is 0 Å². The molecule has 2 aliphatic carbocycles. The third-order valence-corrected chi connectivity index (χ3v) is 3.86. The van der Waals surface area contributed by atoms with E-state index in [1.165, 1.54) is 12.8 Å². The minimum atomic E-state index is 0.789. The summed E-state index contributed by atoms with van der Waals surface area (Å²) in [5.41, 5.74) is 0.789. The predicted molar refractivity (Wildman–Crippen MR) is 43.8 cm³/mol. The maximum atomic E-state index is 2.50. The minimum Gasteiger partial charge on any atom is -0.0654 e. The first-order valence-electron chi connectivity index (χ1n) is 4.76. The molecule has 0 aromatic rings. The van der Waals surface area contributed by atoms with E-state index in [2.05, 4.69) is 13.8 Å². The predicted octanol–water partition coefficient (Wildman–Crippen LogP) is 3.22. The van der Waals surface area contributed by atoms with Crippen LogP contribution in [0.2, 0.25) is 0 Å². The van der Waals surface area contributed by atoms with Crippen LogP contribution in [0.25, 0.3) is 0 Å². The van der Waals surface area contributed by atoms with Crippen molar-refractivity contribution in [3.8, 4) is 0 Å². The van der Waals surface area contributed by atoms with E-state index in [4.69, 9.17) is 0 Å². The molecule has 58 valence electrons. The minimum absolute atomic E-state index is 0.789. The summed E-state index contributed by atoms with van der Waals surface area (Å²) in [7, 11) is 0. The van der Waals surface area contributed by atoms with Crippen molar-refractivity contribution < 1.29 is 0 Å². The van der Waals surface area contributed by atoms with Gasteiger partial charge in [-0.15, -0.1) is 0 Å². The Balaban J connectivity index is 1.92. The van der Waals surface area contributed by atoms with Gasteiger partial charge in [0.1, 0.15) is 0 Å². The summed E-state index contributed by atoms with van der Waals surface area (Å²) in [6, 6.07) is 0. The number of hydrogen-bond acceptors (Lipinski definition) is 0. The Hall–Kier alpha value is 0. The van der Waals surface area contributed by atoms with Crippen LogP contribution in [0.3, 0.4) is 0 Å². The van der Waals surface area contributed by atoms with Crippen molar-refractivity contribution >= 4 is 0 Å². The van der Waals surface area contributed by atoms with Crippen LogP contribution in [0, 0.1) is 17.3 Å². The van der Waals surface area contributed by atoms with E-state index in [9.17, 15) is 0 Å². The van der Waals surface area contributed by atoms with E-state index in [-0.39, 0.29) is 0 Å². The molecule has 0 aliphatic heterocycles. The molecule has 0 heteroatoms. The normalized spacial score (nSPS) is 51.0. The Morgan fingerprint density at radius 2 is 2.20 bits per heavy atom. The molecule has 2 rings (SSSR count). The Labute approximate surface area is 64.0 Å². The fraction of sp³-hybridized carbons (Fsp3) is 1.00. The van der Waals surface area contributed by atoms with Crippen LogP contribution in [0.1, 0.15) is 46.0 Å². The molecule has 0 N–H and O–H groups in total. The summed E-state index contributed by atoms with van der Waals surface area (Å²) >= 11 is 0. The van der Waals surface area contributed by atoms with Gasteiger partial charge >= 0.3 is 0 Å². The van der Waals surface area contributed by atoms with Crippen LogP contribution in [-0.4, -0.2) is 0 Å². The molecule has 0 heterocycles. The van der Waals surface area contributed by atoms with Crippen LogP contribution in [0.5, 0.6) is 0 Å². The number of fused-ring (bicyclic) bond motifs is 1. The van der Waals surface area contributed by atoms with Gasteiger partial charge in [-0.05, 0) is 42.9 Å². The Kier molecular flexibility index (Phi) is 1.33. The molecule has 0 spiro atoms. The molecular weight excluding hydrogens is 120 g/mol. The highest BCUT2D eigenvalue weighted by Crippen LogP contribution is 2.63. The third kappa shape index (κ3) is 0.681. The molecule has 0 radical (unpaired) electrons. The quantitative estimate of drug-likeness (QED) is 0.549. The zero-order chi connectivity index (χ0) is 7.19. The van der Waals surface area contributed by atoms with Crippen molar-refractivity contribution in [3.63, 3.8) is 0 Å². The number of rotatable bonds is 2. The first-order valence-corrected chi connectivity index (χ1v) is 4.76. The van der Waals surface area contributed by atoms with Gasteiger partial charge in [0.2, 0.25) is 0 Å². The smallest absolute Gasteiger partial charge is 0.0292 e. The third-order valence-electron chi connectivity index (χ3n) is 3.86. The molecule has 0 nitrogen and oxygen atoms in total. The molecular formula is C10H18. The summed E-state index contributed by atoms with van der Waals surface area (Å²) in [5.74, 6) is 2.31. The van der Waals surface area contributed by atoms with Crippen molar-refractivity contribution in [1.82, 2.24) is 0 Å².